The fourth-order valence-corrected chi connectivity index (χ4v) is 4.23. The van der Waals surface area contributed by atoms with Crippen LogP contribution in [0.25, 0.3) is 11.1 Å². The first kappa shape index (κ1) is 25.5. The summed E-state index contributed by atoms with van der Waals surface area (Å²) < 4.78 is 3.43. The number of aromatic nitrogens is 3. The van der Waals surface area contributed by atoms with Gasteiger partial charge < -0.3 is 5.11 Å². The van der Waals surface area contributed by atoms with Crippen LogP contribution in [0.15, 0.2) is 53.3 Å². The van der Waals surface area contributed by atoms with Crippen molar-refractivity contribution in [2.75, 3.05) is 0 Å². The Morgan fingerprint density at radius 3 is 2.32 bits per heavy atom. The molecule has 0 aliphatic carbocycles. The molecule has 0 radical (unpaired) electrons. The predicted octanol–water partition coefficient (Wildman–Crippen LogP) is 6.33. The molecule has 34 heavy (non-hydrogen) atoms. The number of carbonyl (C=O) groups is 1. The SMILES string of the molecule is CCCCCCCCn1nc(C(C)CC)n(Cc2ccc(-c3ccccc3C(=O)O)cc2)c1=O. The fraction of sp³-hybridized carbons (Fsp3) is 0.464. The average Bonchev–Trinajstić information content (AvgIpc) is 3.16. The smallest absolute Gasteiger partial charge is 0.346 e. The summed E-state index contributed by atoms with van der Waals surface area (Å²) in [7, 11) is 0. The Labute approximate surface area is 202 Å². The Morgan fingerprint density at radius 1 is 0.971 bits per heavy atom. The van der Waals surface area contributed by atoms with Crippen molar-refractivity contribution in [3.63, 3.8) is 0 Å². The van der Waals surface area contributed by atoms with Gasteiger partial charge in [-0.1, -0.05) is 95.3 Å². The van der Waals surface area contributed by atoms with E-state index in [1.165, 1.54) is 25.7 Å². The molecule has 0 amide bonds. The summed E-state index contributed by atoms with van der Waals surface area (Å²) in [6, 6.07) is 14.8. The topological polar surface area (TPSA) is 77.1 Å². The Kier molecular flexibility index (Phi) is 9.25. The maximum absolute atomic E-state index is 13.2. The van der Waals surface area contributed by atoms with Gasteiger partial charge in [-0.2, -0.15) is 5.10 Å². The molecule has 6 heteroatoms. The lowest BCUT2D eigenvalue weighted by Gasteiger charge is -2.11. The molecule has 1 atom stereocenters. The molecular weight excluding hydrogens is 426 g/mol. The van der Waals surface area contributed by atoms with Gasteiger partial charge in [-0.3, -0.25) is 4.57 Å². The van der Waals surface area contributed by atoms with E-state index in [1.54, 1.807) is 21.4 Å². The lowest BCUT2D eigenvalue weighted by Crippen LogP contribution is -2.26. The van der Waals surface area contributed by atoms with Gasteiger partial charge in [-0.15, -0.1) is 0 Å². The first-order chi connectivity index (χ1) is 16.5. The van der Waals surface area contributed by atoms with E-state index in [1.807, 2.05) is 36.4 Å². The minimum absolute atomic E-state index is 0.0517. The van der Waals surface area contributed by atoms with E-state index in [2.05, 4.69) is 20.8 Å². The normalized spacial score (nSPS) is 12.1. The van der Waals surface area contributed by atoms with E-state index in [-0.39, 0.29) is 17.2 Å². The van der Waals surface area contributed by atoms with Crippen molar-refractivity contribution >= 4 is 5.97 Å². The second-order valence-corrected chi connectivity index (χ2v) is 9.07. The van der Waals surface area contributed by atoms with Crippen molar-refractivity contribution in [2.45, 2.75) is 84.7 Å². The minimum atomic E-state index is -0.942. The number of carboxylic acids is 1. The van der Waals surface area contributed by atoms with Crippen LogP contribution in [0.3, 0.4) is 0 Å². The largest absolute Gasteiger partial charge is 0.478 e. The highest BCUT2D eigenvalue weighted by Crippen LogP contribution is 2.25. The zero-order valence-corrected chi connectivity index (χ0v) is 20.7. The van der Waals surface area contributed by atoms with Gasteiger partial charge in [0.1, 0.15) is 5.82 Å². The van der Waals surface area contributed by atoms with Crippen molar-refractivity contribution in [1.82, 2.24) is 14.3 Å². The molecule has 3 aromatic rings. The van der Waals surface area contributed by atoms with Crippen molar-refractivity contribution in [3.05, 3.63) is 76.0 Å². The number of aryl methyl sites for hydroxylation is 1. The highest BCUT2D eigenvalue weighted by molar-refractivity contribution is 5.95. The summed E-state index contributed by atoms with van der Waals surface area (Å²) in [6.45, 7) is 7.55. The van der Waals surface area contributed by atoms with Crippen LogP contribution in [0.1, 0.15) is 93.4 Å². The summed E-state index contributed by atoms with van der Waals surface area (Å²) in [5.41, 5.74) is 2.74. The molecule has 0 aliphatic rings. The van der Waals surface area contributed by atoms with E-state index >= 15 is 0 Å². The number of hydrogen-bond donors (Lipinski definition) is 1. The van der Waals surface area contributed by atoms with Crippen LogP contribution in [0.5, 0.6) is 0 Å². The van der Waals surface area contributed by atoms with Crippen LogP contribution in [0.2, 0.25) is 0 Å². The first-order valence-corrected chi connectivity index (χ1v) is 12.5. The highest BCUT2D eigenvalue weighted by atomic mass is 16.4. The number of carboxylic acid groups (broad SMARTS) is 1. The molecule has 0 fully saturated rings. The molecule has 1 unspecified atom stereocenters. The quantitative estimate of drug-likeness (QED) is 0.300. The number of rotatable bonds is 13. The summed E-state index contributed by atoms with van der Waals surface area (Å²) >= 11 is 0. The lowest BCUT2D eigenvalue weighted by molar-refractivity contribution is 0.0697. The zero-order chi connectivity index (χ0) is 24.5. The van der Waals surface area contributed by atoms with Gasteiger partial charge in [0.25, 0.3) is 0 Å². The van der Waals surface area contributed by atoms with E-state index < -0.39 is 5.97 Å². The van der Waals surface area contributed by atoms with Gasteiger partial charge >= 0.3 is 11.7 Å². The number of hydrogen-bond acceptors (Lipinski definition) is 3. The van der Waals surface area contributed by atoms with Gasteiger partial charge in [-0.25, -0.2) is 14.3 Å². The van der Waals surface area contributed by atoms with Crippen LogP contribution in [0, 0.1) is 0 Å². The fourth-order valence-electron chi connectivity index (χ4n) is 4.23. The highest BCUT2D eigenvalue weighted by Gasteiger charge is 2.18. The van der Waals surface area contributed by atoms with Crippen LogP contribution in [-0.4, -0.2) is 25.4 Å². The third-order valence-corrected chi connectivity index (χ3v) is 6.49. The Balaban J connectivity index is 1.78. The molecule has 0 aliphatic heterocycles. The van der Waals surface area contributed by atoms with Gasteiger partial charge in [0.15, 0.2) is 0 Å². The maximum Gasteiger partial charge on any atom is 0.346 e. The van der Waals surface area contributed by atoms with E-state index in [0.29, 0.717) is 18.7 Å². The molecule has 0 saturated carbocycles. The number of aromatic carboxylic acids is 1. The number of nitrogens with zero attached hydrogens (tertiary/aromatic N) is 3. The van der Waals surface area contributed by atoms with Crippen molar-refractivity contribution in [2.24, 2.45) is 0 Å². The molecule has 1 heterocycles. The summed E-state index contributed by atoms with van der Waals surface area (Å²) in [5.74, 6) is 0.0844. The van der Waals surface area contributed by atoms with Gasteiger partial charge in [-0.05, 0) is 35.6 Å². The second-order valence-electron chi connectivity index (χ2n) is 9.07. The lowest BCUT2D eigenvalue weighted by atomic mass is 9.98. The molecule has 0 bridgehead atoms. The Morgan fingerprint density at radius 2 is 1.65 bits per heavy atom. The van der Waals surface area contributed by atoms with Crippen molar-refractivity contribution in [3.8, 4) is 11.1 Å². The van der Waals surface area contributed by atoms with Crippen molar-refractivity contribution < 1.29 is 9.90 Å². The number of benzene rings is 2. The summed E-state index contributed by atoms with van der Waals surface area (Å²) in [4.78, 5) is 24.8. The standard InChI is InChI=1S/C28H37N3O3/c1-4-6-7-8-9-12-19-31-28(34)30(26(29-31)21(3)5-2)20-22-15-17-23(18-16-22)24-13-10-11-14-25(24)27(32)33/h10-11,13-18,21H,4-9,12,19-20H2,1-3H3,(H,32,33). The van der Waals surface area contributed by atoms with Gasteiger partial charge in [0, 0.05) is 12.5 Å². The van der Waals surface area contributed by atoms with E-state index in [4.69, 9.17) is 5.10 Å². The molecular formula is C28H37N3O3. The molecule has 0 spiro atoms. The Hall–Kier alpha value is -3.15. The van der Waals surface area contributed by atoms with Crippen LogP contribution < -0.4 is 5.69 Å². The molecule has 2 aromatic carbocycles. The average molecular weight is 464 g/mol. The summed E-state index contributed by atoms with van der Waals surface area (Å²) in [6.07, 6.45) is 7.97. The maximum atomic E-state index is 13.2. The van der Waals surface area contributed by atoms with E-state index in [9.17, 15) is 14.7 Å². The molecule has 6 nitrogen and oxygen atoms in total. The van der Waals surface area contributed by atoms with Gasteiger partial charge in [0.2, 0.25) is 0 Å². The van der Waals surface area contributed by atoms with Crippen LogP contribution in [-0.2, 0) is 13.1 Å². The third kappa shape index (κ3) is 6.25. The third-order valence-electron chi connectivity index (χ3n) is 6.49. The molecule has 182 valence electrons. The monoisotopic (exact) mass is 463 g/mol. The molecule has 3 rings (SSSR count). The van der Waals surface area contributed by atoms with Crippen LogP contribution >= 0.6 is 0 Å². The zero-order valence-electron chi connectivity index (χ0n) is 20.7. The molecule has 1 N–H and O–H groups in total. The minimum Gasteiger partial charge on any atom is -0.478 e. The first-order valence-electron chi connectivity index (χ1n) is 12.5. The van der Waals surface area contributed by atoms with Crippen LogP contribution in [0.4, 0.5) is 0 Å². The molecule has 1 aromatic heterocycles. The summed E-state index contributed by atoms with van der Waals surface area (Å²) in [5, 5.41) is 14.2. The number of unbranched alkanes of at least 4 members (excludes halogenated alkanes) is 5. The van der Waals surface area contributed by atoms with Gasteiger partial charge in [0.05, 0.1) is 12.1 Å². The molecule has 0 saturated heterocycles. The Bertz CT molecular complexity index is 1130. The van der Waals surface area contributed by atoms with Crippen molar-refractivity contribution in [1.29, 1.82) is 0 Å². The second kappa shape index (κ2) is 12.4. The predicted molar refractivity (Wildman–Crippen MR) is 137 cm³/mol. The van der Waals surface area contributed by atoms with E-state index in [0.717, 1.165) is 36.2 Å².